The van der Waals surface area contributed by atoms with Gasteiger partial charge in [-0.25, -0.2) is 0 Å². The van der Waals surface area contributed by atoms with Crippen molar-refractivity contribution < 1.29 is 4.74 Å². The number of nitrogens with one attached hydrogen (secondary N) is 1. The van der Waals surface area contributed by atoms with E-state index in [4.69, 9.17) is 4.74 Å². The third kappa shape index (κ3) is 2.94. The highest BCUT2D eigenvalue weighted by molar-refractivity contribution is 8.07. The van der Waals surface area contributed by atoms with Crippen molar-refractivity contribution >= 4 is 17.8 Å². The van der Waals surface area contributed by atoms with Crippen LogP contribution in [0.2, 0.25) is 0 Å². The average Bonchev–Trinajstić information content (AvgIpc) is 2.90. The first-order valence-electron chi connectivity index (χ1n) is 8.56. The van der Waals surface area contributed by atoms with Crippen LogP contribution in [0.1, 0.15) is 49.1 Å². The third-order valence-electron chi connectivity index (χ3n) is 4.98. The lowest BCUT2D eigenvalue weighted by Gasteiger charge is -2.23. The van der Waals surface area contributed by atoms with Crippen molar-refractivity contribution in [3.8, 4) is 5.75 Å². The number of methoxy groups -OCH3 is 1. The fourth-order valence-electron chi connectivity index (χ4n) is 3.79. The predicted molar refractivity (Wildman–Crippen MR) is 98.5 cm³/mol. The van der Waals surface area contributed by atoms with Gasteiger partial charge in [-0.2, -0.15) is 0 Å². The van der Waals surface area contributed by atoms with Gasteiger partial charge in [0, 0.05) is 22.4 Å². The molecule has 120 valence electrons. The lowest BCUT2D eigenvalue weighted by molar-refractivity contribution is 0.402. The van der Waals surface area contributed by atoms with Gasteiger partial charge in [0.15, 0.2) is 0 Å². The van der Waals surface area contributed by atoms with Crippen LogP contribution in [-0.2, 0) is 0 Å². The van der Waals surface area contributed by atoms with Gasteiger partial charge in [-0.05, 0) is 30.5 Å². The Morgan fingerprint density at radius 3 is 2.87 bits per heavy atom. The summed E-state index contributed by atoms with van der Waals surface area (Å²) in [4.78, 5) is 1.41. The summed E-state index contributed by atoms with van der Waals surface area (Å²) in [5.74, 6) is 1.31. The van der Waals surface area contributed by atoms with E-state index in [0.717, 1.165) is 5.75 Å². The largest absolute Gasteiger partial charge is 0.496 e. The van der Waals surface area contributed by atoms with Crippen molar-refractivity contribution in [2.45, 2.75) is 44.1 Å². The average molecular weight is 325 g/mol. The summed E-state index contributed by atoms with van der Waals surface area (Å²) in [5.41, 5.74) is 2.55. The van der Waals surface area contributed by atoms with E-state index in [1.165, 1.54) is 53.2 Å². The molecule has 23 heavy (non-hydrogen) atoms. The fraction of sp³-hybridized carbons (Fsp3) is 0.400. The summed E-state index contributed by atoms with van der Waals surface area (Å²) in [6, 6.07) is 7.03. The van der Waals surface area contributed by atoms with Crippen LogP contribution >= 0.6 is 11.8 Å². The van der Waals surface area contributed by atoms with E-state index < -0.39 is 0 Å². The zero-order valence-corrected chi connectivity index (χ0v) is 14.4. The zero-order chi connectivity index (χ0) is 15.6. The number of allylic oxidation sites excluding steroid dienone is 4. The predicted octanol–water partition coefficient (Wildman–Crippen LogP) is 5.20. The Morgan fingerprint density at radius 1 is 1.17 bits per heavy atom. The number of fused-ring (bicyclic) bond motifs is 3. The molecular weight excluding hydrogens is 302 g/mol. The van der Waals surface area contributed by atoms with Gasteiger partial charge in [-0.15, -0.1) is 0 Å². The number of rotatable bonds is 3. The summed E-state index contributed by atoms with van der Waals surface area (Å²) in [6.45, 7) is 0. The van der Waals surface area contributed by atoms with E-state index in [2.05, 4.69) is 41.8 Å². The smallest absolute Gasteiger partial charge is 0.126 e. The molecule has 0 amide bonds. The topological polar surface area (TPSA) is 21.3 Å². The Labute approximate surface area is 142 Å². The molecule has 1 N–H and O–H groups in total. The van der Waals surface area contributed by atoms with E-state index in [1.807, 2.05) is 17.8 Å². The molecule has 2 nitrogen and oxygen atoms in total. The maximum atomic E-state index is 5.55. The van der Waals surface area contributed by atoms with Gasteiger partial charge in [-0.1, -0.05) is 61.4 Å². The van der Waals surface area contributed by atoms with Crippen molar-refractivity contribution in [1.29, 1.82) is 0 Å². The minimum absolute atomic E-state index is 0.353. The molecule has 1 aromatic rings. The van der Waals surface area contributed by atoms with Crippen LogP contribution < -0.4 is 10.1 Å². The molecule has 1 saturated carbocycles. The minimum Gasteiger partial charge on any atom is -0.496 e. The Hall–Kier alpha value is -1.61. The lowest BCUT2D eigenvalue weighted by atomic mass is 9.93. The van der Waals surface area contributed by atoms with E-state index >= 15 is 0 Å². The summed E-state index contributed by atoms with van der Waals surface area (Å²) < 4.78 is 5.55. The number of hydrogen-bond donors (Lipinski definition) is 1. The molecule has 0 spiro atoms. The van der Waals surface area contributed by atoms with E-state index in [0.29, 0.717) is 12.0 Å². The highest BCUT2D eigenvalue weighted by Crippen LogP contribution is 2.48. The Balaban J connectivity index is 1.62. The van der Waals surface area contributed by atoms with Gasteiger partial charge < -0.3 is 10.1 Å². The van der Waals surface area contributed by atoms with Crippen LogP contribution in [-0.4, -0.2) is 13.2 Å². The van der Waals surface area contributed by atoms with Crippen LogP contribution in [0.5, 0.6) is 5.75 Å². The molecule has 0 radical (unpaired) electrons. The summed E-state index contributed by atoms with van der Waals surface area (Å²) in [7, 11) is 1.75. The van der Waals surface area contributed by atoms with Crippen LogP contribution in [0, 0.1) is 0 Å². The highest BCUT2D eigenvalue weighted by atomic mass is 32.2. The molecule has 4 rings (SSSR count). The van der Waals surface area contributed by atoms with Crippen LogP contribution in [0.15, 0.2) is 46.4 Å². The quantitative estimate of drug-likeness (QED) is 0.825. The lowest BCUT2D eigenvalue weighted by Crippen LogP contribution is -2.28. The first-order chi connectivity index (χ1) is 11.3. The third-order valence-corrected chi connectivity index (χ3v) is 6.08. The molecule has 3 aliphatic rings. The SMILES string of the molecule is COc1cccc2c1C=CC=C1SC(NC3CCCCC3)=CC12. The molecule has 0 bridgehead atoms. The second-order valence-electron chi connectivity index (χ2n) is 6.48. The normalized spacial score (nSPS) is 23.4. The second kappa shape index (κ2) is 6.48. The van der Waals surface area contributed by atoms with Crippen molar-refractivity contribution in [3.63, 3.8) is 0 Å². The standard InChI is InChI=1S/C20H23NOS/c1-22-18-11-5-9-15-16(18)10-6-12-19-17(15)13-20(23-19)21-14-7-3-2-4-8-14/h5-6,9-14,17,21H,2-4,7-8H2,1H3. The van der Waals surface area contributed by atoms with E-state index in [9.17, 15) is 0 Å². The monoisotopic (exact) mass is 325 g/mol. The molecule has 3 heteroatoms. The molecule has 1 fully saturated rings. The Bertz CT molecular complexity index is 683. The molecule has 1 heterocycles. The molecule has 0 aromatic heterocycles. The molecule has 1 atom stereocenters. The first-order valence-corrected chi connectivity index (χ1v) is 9.38. The van der Waals surface area contributed by atoms with Gasteiger partial charge in [0.25, 0.3) is 0 Å². The summed E-state index contributed by atoms with van der Waals surface area (Å²) in [5, 5.41) is 5.11. The second-order valence-corrected chi connectivity index (χ2v) is 7.60. The number of thioether (sulfide) groups is 1. The zero-order valence-electron chi connectivity index (χ0n) is 13.5. The summed E-state index contributed by atoms with van der Waals surface area (Å²) in [6.07, 6.45) is 15.7. The van der Waals surface area contributed by atoms with Crippen molar-refractivity contribution in [2.24, 2.45) is 0 Å². The van der Waals surface area contributed by atoms with Gasteiger partial charge in [-0.3, -0.25) is 0 Å². The summed E-state index contributed by atoms with van der Waals surface area (Å²) >= 11 is 1.90. The maximum absolute atomic E-state index is 5.55. The van der Waals surface area contributed by atoms with Crippen molar-refractivity contribution in [1.82, 2.24) is 5.32 Å². The highest BCUT2D eigenvalue weighted by Gasteiger charge is 2.28. The Kier molecular flexibility index (Phi) is 4.21. The van der Waals surface area contributed by atoms with Gasteiger partial charge in [0.2, 0.25) is 0 Å². The maximum Gasteiger partial charge on any atom is 0.126 e. The fourth-order valence-corrected chi connectivity index (χ4v) is 4.94. The van der Waals surface area contributed by atoms with Gasteiger partial charge in [0.1, 0.15) is 5.75 Å². The van der Waals surface area contributed by atoms with E-state index in [-0.39, 0.29) is 0 Å². The van der Waals surface area contributed by atoms with Crippen molar-refractivity contribution in [2.75, 3.05) is 7.11 Å². The van der Waals surface area contributed by atoms with Gasteiger partial charge >= 0.3 is 0 Å². The minimum atomic E-state index is 0.353. The van der Waals surface area contributed by atoms with Crippen LogP contribution in [0.3, 0.4) is 0 Å². The molecule has 1 aromatic carbocycles. The van der Waals surface area contributed by atoms with Crippen molar-refractivity contribution in [3.05, 3.63) is 57.5 Å². The van der Waals surface area contributed by atoms with Gasteiger partial charge in [0.05, 0.1) is 12.1 Å². The molecular formula is C20H23NOS. The molecule has 2 aliphatic carbocycles. The Morgan fingerprint density at radius 2 is 2.04 bits per heavy atom. The molecule has 1 unspecified atom stereocenters. The molecule has 1 aliphatic heterocycles. The number of ether oxygens (including phenoxy) is 1. The number of hydrogen-bond acceptors (Lipinski definition) is 3. The van der Waals surface area contributed by atoms with E-state index in [1.54, 1.807) is 7.11 Å². The first kappa shape index (κ1) is 14.9. The van der Waals surface area contributed by atoms with Crippen LogP contribution in [0.25, 0.3) is 6.08 Å². The number of benzene rings is 1. The van der Waals surface area contributed by atoms with Crippen LogP contribution in [0.4, 0.5) is 0 Å². The molecule has 0 saturated heterocycles.